The quantitative estimate of drug-likeness (QED) is 0.599. The van der Waals surface area contributed by atoms with E-state index in [9.17, 15) is 0 Å². The lowest BCUT2D eigenvalue weighted by Crippen LogP contribution is -1.74. The number of epoxide rings is 1. The van der Waals surface area contributed by atoms with Crippen molar-refractivity contribution in [1.82, 2.24) is 0 Å². The molecule has 0 bridgehead atoms. The molecule has 1 aliphatic heterocycles. The third-order valence-corrected chi connectivity index (χ3v) is 2.19. The van der Waals surface area contributed by atoms with Crippen molar-refractivity contribution in [3.05, 3.63) is 36.1 Å². The number of hydrogen-bond acceptors (Lipinski definition) is 2. The fourth-order valence-corrected chi connectivity index (χ4v) is 1.48. The summed E-state index contributed by atoms with van der Waals surface area (Å²) in [6.45, 7) is 0.837. The van der Waals surface area contributed by atoms with Gasteiger partial charge in [-0.1, -0.05) is 18.2 Å². The molecule has 0 aliphatic carbocycles. The number of rotatable bonds is 1. The summed E-state index contributed by atoms with van der Waals surface area (Å²) in [5.41, 5.74) is 2.13. The highest BCUT2D eigenvalue weighted by Crippen LogP contribution is 2.35. The van der Waals surface area contributed by atoms with Crippen molar-refractivity contribution in [3.63, 3.8) is 0 Å². The average molecular weight is 160 g/mol. The highest BCUT2D eigenvalue weighted by molar-refractivity contribution is 5.81. The van der Waals surface area contributed by atoms with Gasteiger partial charge >= 0.3 is 0 Å². The summed E-state index contributed by atoms with van der Waals surface area (Å²) in [6, 6.07) is 8.03. The van der Waals surface area contributed by atoms with Gasteiger partial charge in [-0.2, -0.15) is 0 Å². The minimum absolute atomic E-state index is 0.286. The van der Waals surface area contributed by atoms with E-state index in [1.807, 2.05) is 18.2 Å². The van der Waals surface area contributed by atoms with E-state index in [0.717, 1.165) is 12.2 Å². The van der Waals surface area contributed by atoms with Gasteiger partial charge in [-0.05, 0) is 6.07 Å². The van der Waals surface area contributed by atoms with E-state index in [1.54, 1.807) is 6.26 Å². The van der Waals surface area contributed by atoms with Gasteiger partial charge in [0, 0.05) is 10.9 Å². The molecule has 0 N–H and O–H groups in total. The molecule has 0 spiro atoms. The Hall–Kier alpha value is -1.28. The van der Waals surface area contributed by atoms with Crippen LogP contribution >= 0.6 is 0 Å². The second-order valence-electron chi connectivity index (χ2n) is 3.01. The minimum Gasteiger partial charge on any atom is -0.464 e. The van der Waals surface area contributed by atoms with Crippen molar-refractivity contribution in [3.8, 4) is 0 Å². The molecule has 1 aliphatic rings. The molecule has 3 rings (SSSR count). The third kappa shape index (κ3) is 0.786. The molecule has 1 fully saturated rings. The molecule has 2 aromatic rings. The van der Waals surface area contributed by atoms with Crippen LogP contribution in [0.1, 0.15) is 11.7 Å². The first-order valence-electron chi connectivity index (χ1n) is 4.03. The Kier molecular flexibility index (Phi) is 1.10. The van der Waals surface area contributed by atoms with Crippen LogP contribution < -0.4 is 0 Å². The molecule has 0 unspecified atom stereocenters. The highest BCUT2D eigenvalue weighted by Gasteiger charge is 2.28. The second-order valence-corrected chi connectivity index (χ2v) is 3.01. The Morgan fingerprint density at radius 1 is 1.25 bits per heavy atom. The van der Waals surface area contributed by atoms with Gasteiger partial charge in [0.25, 0.3) is 0 Å². The molecule has 60 valence electrons. The average Bonchev–Trinajstić information content (AvgIpc) is 2.86. The molecule has 1 aromatic heterocycles. The largest absolute Gasteiger partial charge is 0.464 e. The third-order valence-electron chi connectivity index (χ3n) is 2.19. The van der Waals surface area contributed by atoms with E-state index in [-0.39, 0.29) is 6.10 Å². The molecule has 0 amide bonds. The standard InChI is InChI=1S/C10H8O2/c1-2-4-9-7(3-1)8(5-11-9)10-6-12-10/h1-5,10H,6H2/t10-/m0/s1. The van der Waals surface area contributed by atoms with Crippen LogP contribution in [-0.2, 0) is 4.74 Å². The van der Waals surface area contributed by atoms with Gasteiger partial charge < -0.3 is 9.15 Å². The zero-order valence-electron chi connectivity index (χ0n) is 6.49. The predicted octanol–water partition coefficient (Wildman–Crippen LogP) is 2.50. The maximum Gasteiger partial charge on any atom is 0.134 e. The zero-order chi connectivity index (χ0) is 7.97. The lowest BCUT2D eigenvalue weighted by Gasteiger charge is -1.88. The number of para-hydroxylation sites is 1. The minimum atomic E-state index is 0.286. The van der Waals surface area contributed by atoms with E-state index in [0.29, 0.717) is 0 Å². The van der Waals surface area contributed by atoms with Gasteiger partial charge in [-0.15, -0.1) is 0 Å². The van der Waals surface area contributed by atoms with Crippen molar-refractivity contribution < 1.29 is 9.15 Å². The summed E-state index contributed by atoms with van der Waals surface area (Å²) < 4.78 is 10.6. The van der Waals surface area contributed by atoms with Crippen LogP contribution in [-0.4, -0.2) is 6.61 Å². The molecule has 1 aromatic carbocycles. The topological polar surface area (TPSA) is 25.7 Å². The molecule has 2 nitrogen and oxygen atoms in total. The Labute approximate surface area is 69.7 Å². The van der Waals surface area contributed by atoms with E-state index < -0.39 is 0 Å². The van der Waals surface area contributed by atoms with Gasteiger partial charge in [0.05, 0.1) is 12.9 Å². The second kappa shape index (κ2) is 2.11. The Bertz CT molecular complexity index is 412. The molecule has 2 heterocycles. The zero-order valence-corrected chi connectivity index (χ0v) is 6.49. The lowest BCUT2D eigenvalue weighted by molar-refractivity contribution is 0.414. The number of hydrogen-bond donors (Lipinski definition) is 0. The molecular formula is C10H8O2. The van der Waals surface area contributed by atoms with Crippen LogP contribution in [0.25, 0.3) is 11.0 Å². The first-order chi connectivity index (χ1) is 5.95. The monoisotopic (exact) mass is 160 g/mol. The Morgan fingerprint density at radius 3 is 2.92 bits per heavy atom. The van der Waals surface area contributed by atoms with E-state index in [4.69, 9.17) is 9.15 Å². The van der Waals surface area contributed by atoms with Gasteiger partial charge in [-0.3, -0.25) is 0 Å². The highest BCUT2D eigenvalue weighted by atomic mass is 16.6. The molecule has 1 atom stereocenters. The number of ether oxygens (including phenoxy) is 1. The molecular weight excluding hydrogens is 152 g/mol. The fraction of sp³-hybridized carbons (Fsp3) is 0.200. The van der Waals surface area contributed by atoms with Crippen LogP contribution in [0.15, 0.2) is 34.9 Å². The van der Waals surface area contributed by atoms with Gasteiger partial charge in [0.1, 0.15) is 11.7 Å². The lowest BCUT2D eigenvalue weighted by atomic mass is 10.1. The van der Waals surface area contributed by atoms with Crippen LogP contribution in [0.2, 0.25) is 0 Å². The summed E-state index contributed by atoms with van der Waals surface area (Å²) in [5.74, 6) is 0. The van der Waals surface area contributed by atoms with Gasteiger partial charge in [0.15, 0.2) is 0 Å². The van der Waals surface area contributed by atoms with Crippen LogP contribution in [0, 0.1) is 0 Å². The van der Waals surface area contributed by atoms with Crippen molar-refractivity contribution in [2.24, 2.45) is 0 Å². The van der Waals surface area contributed by atoms with Crippen molar-refractivity contribution in [2.75, 3.05) is 6.61 Å². The molecule has 0 saturated carbocycles. The van der Waals surface area contributed by atoms with Crippen LogP contribution in [0.5, 0.6) is 0 Å². The number of furan rings is 1. The SMILES string of the molecule is c1ccc2c([C@@H]3CO3)coc2c1. The van der Waals surface area contributed by atoms with Crippen LogP contribution in [0.4, 0.5) is 0 Å². The fourth-order valence-electron chi connectivity index (χ4n) is 1.48. The Balaban J connectivity index is 2.30. The summed E-state index contributed by atoms with van der Waals surface area (Å²) in [6.07, 6.45) is 2.08. The van der Waals surface area contributed by atoms with Crippen molar-refractivity contribution >= 4 is 11.0 Å². The van der Waals surface area contributed by atoms with Gasteiger partial charge in [-0.25, -0.2) is 0 Å². The summed E-state index contributed by atoms with van der Waals surface area (Å²) >= 11 is 0. The maximum absolute atomic E-state index is 5.37. The molecule has 0 radical (unpaired) electrons. The Morgan fingerprint density at radius 2 is 2.08 bits per heavy atom. The first-order valence-corrected chi connectivity index (χ1v) is 4.03. The molecule has 2 heteroatoms. The van der Waals surface area contributed by atoms with Crippen molar-refractivity contribution in [2.45, 2.75) is 6.10 Å². The number of fused-ring (bicyclic) bond motifs is 1. The predicted molar refractivity (Wildman–Crippen MR) is 44.9 cm³/mol. The van der Waals surface area contributed by atoms with E-state index in [2.05, 4.69) is 6.07 Å². The summed E-state index contributed by atoms with van der Waals surface area (Å²) in [4.78, 5) is 0. The van der Waals surface area contributed by atoms with Crippen LogP contribution in [0.3, 0.4) is 0 Å². The number of benzene rings is 1. The maximum atomic E-state index is 5.37. The van der Waals surface area contributed by atoms with E-state index >= 15 is 0 Å². The normalized spacial score (nSPS) is 21.5. The van der Waals surface area contributed by atoms with Crippen molar-refractivity contribution in [1.29, 1.82) is 0 Å². The van der Waals surface area contributed by atoms with Gasteiger partial charge in [0.2, 0.25) is 0 Å². The first kappa shape index (κ1) is 6.26. The van der Waals surface area contributed by atoms with E-state index in [1.165, 1.54) is 10.9 Å². The smallest absolute Gasteiger partial charge is 0.134 e. The molecule has 12 heavy (non-hydrogen) atoms. The summed E-state index contributed by atoms with van der Waals surface area (Å²) in [7, 11) is 0. The summed E-state index contributed by atoms with van der Waals surface area (Å²) in [5, 5.41) is 1.18. The molecule has 1 saturated heterocycles.